The highest BCUT2D eigenvalue weighted by molar-refractivity contribution is 5.25. The normalized spacial score (nSPS) is 25.6. The summed E-state index contributed by atoms with van der Waals surface area (Å²) in [6.07, 6.45) is 0.883. The lowest BCUT2D eigenvalue weighted by Gasteiger charge is -2.32. The minimum absolute atomic E-state index is 0.0858. The van der Waals surface area contributed by atoms with Crippen molar-refractivity contribution in [2.45, 2.75) is 26.3 Å². The average molecular weight is 289 g/mol. The Hall–Kier alpha value is -1.52. The Morgan fingerprint density at radius 2 is 1.81 bits per heavy atom. The molecule has 0 spiro atoms. The van der Waals surface area contributed by atoms with Crippen LogP contribution in [0.4, 0.5) is 0 Å². The van der Waals surface area contributed by atoms with Gasteiger partial charge in [0.1, 0.15) is 0 Å². The minimum Gasteiger partial charge on any atom is -0.465 e. The summed E-state index contributed by atoms with van der Waals surface area (Å²) in [5, 5.41) is 1.99. The maximum absolute atomic E-state index is 5.83. The third-order valence-corrected chi connectivity index (χ3v) is 4.03. The van der Waals surface area contributed by atoms with Gasteiger partial charge in [0.05, 0.1) is 32.9 Å². The fraction of sp³-hybridized carbons (Fsp3) is 0.529. The van der Waals surface area contributed by atoms with E-state index in [1.54, 1.807) is 7.11 Å². The van der Waals surface area contributed by atoms with E-state index in [4.69, 9.17) is 14.3 Å². The molecule has 4 heteroatoms. The van der Waals surface area contributed by atoms with Crippen molar-refractivity contribution in [2.75, 3.05) is 26.9 Å². The Bertz CT molecular complexity index is 512. The molecular formula is C17H23NO3. The summed E-state index contributed by atoms with van der Waals surface area (Å²) in [5.74, 6) is 0.704. The molecule has 2 fully saturated rings. The summed E-state index contributed by atoms with van der Waals surface area (Å²) >= 11 is 0. The van der Waals surface area contributed by atoms with Crippen molar-refractivity contribution in [3.63, 3.8) is 0 Å². The fourth-order valence-electron chi connectivity index (χ4n) is 2.81. The molecule has 114 valence electrons. The molecule has 4 nitrogen and oxygen atoms in total. The van der Waals surface area contributed by atoms with Gasteiger partial charge < -0.3 is 14.3 Å². The standard InChI is InChI=1S/C17H23NO3/c1-17(2)11-20-16(21-12-17)14-9-15(18(10-14)19-3)13-7-5-4-6-8-13/h4-8,15H,9-12H2,1-3H3. The van der Waals surface area contributed by atoms with Gasteiger partial charge in [-0.2, -0.15) is 5.06 Å². The number of ether oxygens (including phenoxy) is 2. The average Bonchev–Trinajstić information content (AvgIpc) is 2.92. The van der Waals surface area contributed by atoms with Crippen LogP contribution in [-0.4, -0.2) is 31.9 Å². The van der Waals surface area contributed by atoms with Gasteiger partial charge in [-0.05, 0) is 12.0 Å². The third kappa shape index (κ3) is 3.06. The van der Waals surface area contributed by atoms with Crippen LogP contribution in [0, 0.1) is 5.41 Å². The van der Waals surface area contributed by atoms with Crippen LogP contribution in [0.25, 0.3) is 0 Å². The first-order valence-corrected chi connectivity index (χ1v) is 7.42. The van der Waals surface area contributed by atoms with Crippen molar-refractivity contribution in [2.24, 2.45) is 5.41 Å². The molecule has 1 atom stereocenters. The Morgan fingerprint density at radius 1 is 1.14 bits per heavy atom. The highest BCUT2D eigenvalue weighted by Crippen LogP contribution is 2.38. The largest absolute Gasteiger partial charge is 0.465 e. The number of hydrogen-bond acceptors (Lipinski definition) is 4. The van der Waals surface area contributed by atoms with Gasteiger partial charge in [0.2, 0.25) is 0 Å². The van der Waals surface area contributed by atoms with Crippen molar-refractivity contribution >= 4 is 0 Å². The van der Waals surface area contributed by atoms with Crippen LogP contribution in [0.1, 0.15) is 31.9 Å². The molecular weight excluding hydrogens is 266 g/mol. The van der Waals surface area contributed by atoms with E-state index in [0.717, 1.165) is 13.0 Å². The molecule has 1 aromatic carbocycles. The Labute approximate surface area is 126 Å². The van der Waals surface area contributed by atoms with Gasteiger partial charge in [-0.25, -0.2) is 0 Å². The summed E-state index contributed by atoms with van der Waals surface area (Å²) < 4.78 is 11.7. The third-order valence-electron chi connectivity index (χ3n) is 4.03. The number of hydrogen-bond donors (Lipinski definition) is 0. The first-order valence-electron chi connectivity index (χ1n) is 7.42. The molecule has 2 saturated heterocycles. The van der Waals surface area contributed by atoms with Gasteiger partial charge in [-0.3, -0.25) is 0 Å². The topological polar surface area (TPSA) is 30.9 Å². The van der Waals surface area contributed by atoms with Crippen LogP contribution in [0.3, 0.4) is 0 Å². The highest BCUT2D eigenvalue weighted by Gasteiger charge is 2.35. The Balaban J connectivity index is 1.78. The van der Waals surface area contributed by atoms with Gasteiger partial charge >= 0.3 is 0 Å². The number of hydroxylamine groups is 2. The zero-order valence-corrected chi connectivity index (χ0v) is 13.0. The predicted octanol–water partition coefficient (Wildman–Crippen LogP) is 3.28. The number of benzene rings is 1. The van der Waals surface area contributed by atoms with Gasteiger partial charge in [0.25, 0.3) is 5.95 Å². The van der Waals surface area contributed by atoms with Crippen LogP contribution in [0.15, 0.2) is 41.9 Å². The van der Waals surface area contributed by atoms with Crippen molar-refractivity contribution in [1.29, 1.82) is 0 Å². The predicted molar refractivity (Wildman–Crippen MR) is 80.2 cm³/mol. The summed E-state index contributed by atoms with van der Waals surface area (Å²) in [4.78, 5) is 5.53. The van der Waals surface area contributed by atoms with E-state index < -0.39 is 0 Å². The molecule has 0 saturated carbocycles. The summed E-state index contributed by atoms with van der Waals surface area (Å²) in [6, 6.07) is 10.6. The van der Waals surface area contributed by atoms with Gasteiger partial charge in [0.15, 0.2) is 0 Å². The summed E-state index contributed by atoms with van der Waals surface area (Å²) in [7, 11) is 1.72. The maximum atomic E-state index is 5.83. The molecule has 0 aliphatic carbocycles. The van der Waals surface area contributed by atoms with E-state index in [1.165, 1.54) is 11.1 Å². The zero-order chi connectivity index (χ0) is 14.9. The first-order chi connectivity index (χ1) is 10.1. The second-order valence-corrected chi connectivity index (χ2v) is 6.52. The summed E-state index contributed by atoms with van der Waals surface area (Å²) in [6.45, 7) is 6.43. The second-order valence-electron chi connectivity index (χ2n) is 6.52. The molecule has 0 bridgehead atoms. The SMILES string of the molecule is CON1CC(=C2OCC(C)(C)CO2)CC1c1ccccc1. The van der Waals surface area contributed by atoms with E-state index >= 15 is 0 Å². The first kappa shape index (κ1) is 14.4. The van der Waals surface area contributed by atoms with Gasteiger partial charge in [0, 0.05) is 11.0 Å². The zero-order valence-electron chi connectivity index (χ0n) is 13.0. The van der Waals surface area contributed by atoms with E-state index in [9.17, 15) is 0 Å². The maximum Gasteiger partial charge on any atom is 0.279 e. The monoisotopic (exact) mass is 289 g/mol. The lowest BCUT2D eigenvalue weighted by atomic mass is 9.95. The molecule has 1 unspecified atom stereocenters. The number of rotatable bonds is 2. The van der Waals surface area contributed by atoms with Crippen molar-refractivity contribution < 1.29 is 14.3 Å². The number of nitrogens with zero attached hydrogens (tertiary/aromatic N) is 1. The second kappa shape index (κ2) is 5.70. The molecule has 3 rings (SSSR count). The van der Waals surface area contributed by atoms with E-state index in [0.29, 0.717) is 19.2 Å². The minimum atomic E-state index is 0.0858. The van der Waals surface area contributed by atoms with Crippen molar-refractivity contribution in [3.05, 3.63) is 47.4 Å². The quantitative estimate of drug-likeness (QED) is 0.836. The highest BCUT2D eigenvalue weighted by atomic mass is 16.7. The Morgan fingerprint density at radius 3 is 2.43 bits per heavy atom. The molecule has 1 aromatic rings. The smallest absolute Gasteiger partial charge is 0.279 e. The van der Waals surface area contributed by atoms with Gasteiger partial charge in [-0.15, -0.1) is 0 Å². The van der Waals surface area contributed by atoms with Crippen LogP contribution < -0.4 is 0 Å². The van der Waals surface area contributed by atoms with E-state index in [1.807, 2.05) is 11.1 Å². The summed E-state index contributed by atoms with van der Waals surface area (Å²) in [5.41, 5.74) is 2.52. The molecule has 2 aliphatic heterocycles. The van der Waals surface area contributed by atoms with E-state index in [2.05, 4.69) is 38.1 Å². The van der Waals surface area contributed by atoms with Crippen LogP contribution >= 0.6 is 0 Å². The molecule has 2 heterocycles. The van der Waals surface area contributed by atoms with E-state index in [-0.39, 0.29) is 11.5 Å². The van der Waals surface area contributed by atoms with Gasteiger partial charge in [-0.1, -0.05) is 44.2 Å². The van der Waals surface area contributed by atoms with Crippen LogP contribution in [0.5, 0.6) is 0 Å². The molecule has 0 radical (unpaired) electrons. The van der Waals surface area contributed by atoms with Crippen molar-refractivity contribution in [3.8, 4) is 0 Å². The molecule has 21 heavy (non-hydrogen) atoms. The lowest BCUT2D eigenvalue weighted by Crippen LogP contribution is -2.31. The molecule has 0 N–H and O–H groups in total. The van der Waals surface area contributed by atoms with Crippen molar-refractivity contribution in [1.82, 2.24) is 5.06 Å². The van der Waals surface area contributed by atoms with Crippen LogP contribution in [0.2, 0.25) is 0 Å². The molecule has 0 aromatic heterocycles. The van der Waals surface area contributed by atoms with Crippen LogP contribution in [-0.2, 0) is 14.3 Å². The molecule has 2 aliphatic rings. The lowest BCUT2D eigenvalue weighted by molar-refractivity contribution is -0.142. The Kier molecular flexibility index (Phi) is 3.91. The molecule has 0 amide bonds. The fourth-order valence-corrected chi connectivity index (χ4v) is 2.81.